The van der Waals surface area contributed by atoms with Gasteiger partial charge >= 0.3 is 7.12 Å². The Morgan fingerprint density at radius 1 is 0.512 bits per heavy atom. The standard InChI is InChI=1S/C29H29N3O4S3.C25H26ClN3O4S2.C4H5BO2S/c1-20-9-11-23(12-10-20)39(35,36)32-18-26(27-25(13-15-30-28(27)32)22-14-16-37-19-22)21-7-6-8-24(17-21)38(33,34)31(5)29(2,3)4;1-17-9-11-19(12-10-17)35(32,33)29-16-21(23-22(26)13-14-27-24(23)29)18-7-6-8-20(15-18)34(30,31)28(5)25(2,3)4;6-5(7)4-1-2-8-3-4/h6-19H,1-5H3;6-16H,1-5H3;1-3,6-7H. The summed E-state index contributed by atoms with van der Waals surface area (Å²) in [5.74, 6) is 0. The van der Waals surface area contributed by atoms with Crippen molar-refractivity contribution in [3.05, 3.63) is 184 Å². The maximum atomic E-state index is 13.8. The van der Waals surface area contributed by atoms with Crippen LogP contribution in [-0.2, 0) is 40.1 Å². The molecule has 2 N–H and O–H groups in total. The fourth-order valence-corrected chi connectivity index (χ4v) is 15.8. The number of aryl methyl sites for hydroxylation is 2. The van der Waals surface area contributed by atoms with E-state index in [1.807, 2.05) is 78.3 Å². The lowest BCUT2D eigenvalue weighted by Gasteiger charge is -2.31. The lowest BCUT2D eigenvalue weighted by Crippen LogP contribution is -2.42. The van der Waals surface area contributed by atoms with E-state index >= 15 is 0 Å². The fraction of sp³-hybridized carbons (Fsp3) is 0.207. The van der Waals surface area contributed by atoms with E-state index < -0.39 is 58.3 Å². The number of aromatic nitrogens is 4. The first-order valence-electron chi connectivity index (χ1n) is 25.3. The van der Waals surface area contributed by atoms with Gasteiger partial charge in [0.2, 0.25) is 20.0 Å². The van der Waals surface area contributed by atoms with Crippen molar-refractivity contribution in [1.82, 2.24) is 26.5 Å². The van der Waals surface area contributed by atoms with Gasteiger partial charge in [0.1, 0.15) is 0 Å². The molecule has 0 unspecified atom stereocenters. The number of halogens is 1. The molecular weight excluding hydrogens is 1180 g/mol. The van der Waals surface area contributed by atoms with Gasteiger partial charge in [-0.2, -0.15) is 31.3 Å². The molecule has 4 aromatic carbocycles. The monoisotopic (exact) mass is 1240 g/mol. The highest BCUT2D eigenvalue weighted by Crippen LogP contribution is 2.41. The third-order valence-corrected chi connectivity index (χ3v) is 22.9. The number of pyridine rings is 2. The van der Waals surface area contributed by atoms with Gasteiger partial charge in [0.15, 0.2) is 11.3 Å². The summed E-state index contributed by atoms with van der Waals surface area (Å²) < 4.78 is 113. The van der Waals surface area contributed by atoms with Crippen LogP contribution in [0.4, 0.5) is 0 Å². The van der Waals surface area contributed by atoms with Crippen LogP contribution in [0, 0.1) is 13.8 Å². The summed E-state index contributed by atoms with van der Waals surface area (Å²) in [6.07, 6.45) is 6.02. The molecule has 6 aromatic heterocycles. The number of benzene rings is 4. The van der Waals surface area contributed by atoms with E-state index in [1.54, 1.807) is 115 Å². The first-order valence-corrected chi connectivity index (χ1v) is 33.3. The Kier molecular flexibility index (Phi) is 17.9. The summed E-state index contributed by atoms with van der Waals surface area (Å²) in [4.78, 5) is 9.27. The molecule has 0 saturated heterocycles. The second-order valence-corrected chi connectivity index (χ2v) is 30.7. The van der Waals surface area contributed by atoms with Crippen LogP contribution in [0.2, 0.25) is 5.02 Å². The molecule has 0 aliphatic rings. The predicted octanol–water partition coefficient (Wildman–Crippen LogP) is 11.1. The zero-order chi connectivity index (χ0) is 59.9. The van der Waals surface area contributed by atoms with Gasteiger partial charge in [0.05, 0.1) is 24.6 Å². The van der Waals surface area contributed by atoms with Gasteiger partial charge in [0.25, 0.3) is 20.0 Å². The van der Waals surface area contributed by atoms with Crippen molar-refractivity contribution in [2.75, 3.05) is 14.1 Å². The number of hydrogen-bond acceptors (Lipinski definition) is 14. The van der Waals surface area contributed by atoms with E-state index in [0.717, 1.165) is 26.2 Å². The second-order valence-electron chi connectivity index (χ2n) is 21.1. The van der Waals surface area contributed by atoms with Crippen molar-refractivity contribution in [2.45, 2.75) is 86.0 Å². The fourth-order valence-electron chi connectivity index (χ4n) is 8.43. The van der Waals surface area contributed by atoms with Gasteiger partial charge in [-0.1, -0.05) is 77.3 Å². The van der Waals surface area contributed by atoms with Crippen molar-refractivity contribution in [3.63, 3.8) is 0 Å². The average Bonchev–Trinajstić information content (AvgIpc) is 4.14. The number of nitrogens with zero attached hydrogens (tertiary/aromatic N) is 6. The van der Waals surface area contributed by atoms with Crippen LogP contribution >= 0.6 is 34.3 Å². The van der Waals surface area contributed by atoms with Crippen LogP contribution in [0.25, 0.3) is 55.4 Å². The molecule has 0 atom stereocenters. The number of thiophene rings is 2. The molecule has 0 aliphatic carbocycles. The van der Waals surface area contributed by atoms with Crippen molar-refractivity contribution < 1.29 is 43.7 Å². The van der Waals surface area contributed by atoms with Gasteiger partial charge in [-0.05, 0) is 171 Å². The number of sulfonamides is 2. The Bertz CT molecular complexity index is 4410. The summed E-state index contributed by atoms with van der Waals surface area (Å²) in [6, 6.07) is 33.3. The normalized spacial score (nSPS) is 12.6. The molecule has 0 spiro atoms. The Hall–Kier alpha value is -6.35. The van der Waals surface area contributed by atoms with Crippen molar-refractivity contribution in [3.8, 4) is 33.4 Å². The van der Waals surface area contributed by atoms with E-state index in [2.05, 4.69) is 9.97 Å². The topological polar surface area (TPSA) is 219 Å². The van der Waals surface area contributed by atoms with Crippen molar-refractivity contribution in [2.24, 2.45) is 0 Å². The van der Waals surface area contributed by atoms with Gasteiger partial charge in [0, 0.05) is 71.9 Å². The summed E-state index contributed by atoms with van der Waals surface area (Å²) in [6.45, 7) is 14.7. The van der Waals surface area contributed by atoms with E-state index in [4.69, 9.17) is 21.6 Å². The predicted molar refractivity (Wildman–Crippen MR) is 330 cm³/mol. The zero-order valence-electron chi connectivity index (χ0n) is 46.4. The Balaban J connectivity index is 0.000000190. The van der Waals surface area contributed by atoms with Crippen LogP contribution in [0.5, 0.6) is 0 Å². The minimum Gasteiger partial charge on any atom is -0.423 e. The van der Waals surface area contributed by atoms with Crippen LogP contribution in [-0.4, -0.2) is 103 Å². The summed E-state index contributed by atoms with van der Waals surface area (Å²) in [7, 11) is -13.8. The number of rotatable bonds is 12. The van der Waals surface area contributed by atoms with Crippen LogP contribution in [0.3, 0.4) is 0 Å². The van der Waals surface area contributed by atoms with Crippen LogP contribution in [0.1, 0.15) is 52.7 Å². The Morgan fingerprint density at radius 2 is 0.939 bits per heavy atom. The first-order chi connectivity index (χ1) is 38.4. The number of fused-ring (bicyclic) bond motifs is 2. The molecule has 0 saturated carbocycles. The SMILES string of the molecule is Cc1ccc(S(=O)(=O)n2cc(-c3cccc(S(=O)(=O)N(C)C(C)(C)C)c3)c3c(-c4ccsc4)ccnc32)cc1.Cc1ccc(S(=O)(=O)n2cc(-c3cccc(S(=O)(=O)N(C)C(C)(C)C)c3)c3c(Cl)ccnc32)cc1.OB(O)c1ccsc1. The molecular formula is C58H60BClN6O10S6. The van der Waals surface area contributed by atoms with E-state index in [0.29, 0.717) is 43.5 Å². The molecule has 82 heavy (non-hydrogen) atoms. The molecule has 10 rings (SSSR count). The summed E-state index contributed by atoms with van der Waals surface area (Å²) in [5.41, 5.74) is 5.49. The summed E-state index contributed by atoms with van der Waals surface area (Å²) >= 11 is 9.49. The molecule has 0 bridgehead atoms. The minimum absolute atomic E-state index is 0.0923. The highest BCUT2D eigenvalue weighted by atomic mass is 35.5. The van der Waals surface area contributed by atoms with E-state index in [-0.39, 0.29) is 30.9 Å². The van der Waals surface area contributed by atoms with Crippen LogP contribution < -0.4 is 5.46 Å². The molecule has 0 amide bonds. The molecule has 0 aliphatic heterocycles. The molecule has 0 fully saturated rings. The molecule has 428 valence electrons. The maximum Gasteiger partial charge on any atom is 0.489 e. The second kappa shape index (κ2) is 23.7. The maximum absolute atomic E-state index is 13.8. The third-order valence-electron chi connectivity index (χ3n) is 13.6. The van der Waals surface area contributed by atoms with Gasteiger partial charge in [-0.3, -0.25) is 0 Å². The van der Waals surface area contributed by atoms with Gasteiger partial charge < -0.3 is 10.0 Å². The lowest BCUT2D eigenvalue weighted by atomic mass is 9.83. The Labute approximate surface area is 492 Å². The molecule has 0 radical (unpaired) electrons. The Morgan fingerprint density at radius 3 is 1.34 bits per heavy atom. The molecule has 10 aromatic rings. The van der Waals surface area contributed by atoms with E-state index in [1.165, 1.54) is 79.0 Å². The van der Waals surface area contributed by atoms with Crippen molar-refractivity contribution in [1.29, 1.82) is 0 Å². The average molecular weight is 1240 g/mol. The summed E-state index contributed by atoms with van der Waals surface area (Å²) in [5, 5.41) is 25.8. The molecule has 6 heterocycles. The number of hydrogen-bond donors (Lipinski definition) is 2. The van der Waals surface area contributed by atoms with Gasteiger partial charge in [-0.25, -0.2) is 51.6 Å². The quantitative estimate of drug-likeness (QED) is 0.109. The minimum atomic E-state index is -4.00. The third kappa shape index (κ3) is 12.6. The largest absolute Gasteiger partial charge is 0.489 e. The highest BCUT2D eigenvalue weighted by Gasteiger charge is 2.33. The molecule has 24 heteroatoms. The molecule has 16 nitrogen and oxygen atoms in total. The smallest absolute Gasteiger partial charge is 0.423 e. The van der Waals surface area contributed by atoms with Crippen LogP contribution in [0.15, 0.2) is 187 Å². The highest BCUT2D eigenvalue weighted by molar-refractivity contribution is 7.90. The zero-order valence-corrected chi connectivity index (χ0v) is 52.1. The van der Waals surface area contributed by atoms with Crippen molar-refractivity contribution >= 4 is 109 Å². The van der Waals surface area contributed by atoms with E-state index in [9.17, 15) is 33.7 Å². The lowest BCUT2D eigenvalue weighted by molar-refractivity contribution is 0.291. The first kappa shape index (κ1) is 61.7. The van der Waals surface area contributed by atoms with Gasteiger partial charge in [-0.15, -0.1) is 0 Å².